The summed E-state index contributed by atoms with van der Waals surface area (Å²) in [4.78, 5) is 4.71. The van der Waals surface area contributed by atoms with Gasteiger partial charge in [-0.15, -0.1) is 12.4 Å². The van der Waals surface area contributed by atoms with Gasteiger partial charge in [-0.1, -0.05) is 18.2 Å². The quantitative estimate of drug-likeness (QED) is 0.888. The molecular weight excluding hydrogens is 270 g/mol. The molecule has 0 saturated heterocycles. The van der Waals surface area contributed by atoms with E-state index in [-0.39, 0.29) is 12.4 Å². The van der Waals surface area contributed by atoms with Crippen molar-refractivity contribution in [3.63, 3.8) is 0 Å². The monoisotopic (exact) mass is 291 g/mol. The molecule has 1 saturated carbocycles. The number of aromatic nitrogens is 1. The van der Waals surface area contributed by atoms with Crippen LogP contribution in [0.3, 0.4) is 0 Å². The van der Waals surface area contributed by atoms with Crippen LogP contribution in [0, 0.1) is 6.92 Å². The average Bonchev–Trinajstić information content (AvgIpc) is 2.42. The molecule has 0 atom stereocenters. The maximum Gasteiger partial charge on any atom is 0.127 e. The largest absolute Gasteiger partial charge is 0.367 e. The number of fused-ring (bicyclic) bond motifs is 1. The summed E-state index contributed by atoms with van der Waals surface area (Å²) in [6.45, 7) is 2.14. The van der Waals surface area contributed by atoms with Crippen LogP contribution < -0.4 is 11.1 Å². The second-order valence-corrected chi connectivity index (χ2v) is 5.60. The van der Waals surface area contributed by atoms with Gasteiger partial charge in [0.1, 0.15) is 5.82 Å². The first kappa shape index (κ1) is 15.1. The van der Waals surface area contributed by atoms with Crippen molar-refractivity contribution in [1.29, 1.82) is 0 Å². The SMILES string of the molecule is Cc1cc(N[C@H]2CC[C@@H](N)CC2)nc2ccccc12.Cl. The van der Waals surface area contributed by atoms with Gasteiger partial charge >= 0.3 is 0 Å². The number of anilines is 1. The molecular formula is C16H22ClN3. The topological polar surface area (TPSA) is 50.9 Å². The van der Waals surface area contributed by atoms with Gasteiger partial charge in [0, 0.05) is 17.5 Å². The molecule has 1 heterocycles. The van der Waals surface area contributed by atoms with Crippen LogP contribution in [-0.2, 0) is 0 Å². The fourth-order valence-electron chi connectivity index (χ4n) is 2.90. The van der Waals surface area contributed by atoms with Crippen molar-refractivity contribution in [2.75, 3.05) is 5.32 Å². The molecule has 3 N–H and O–H groups in total. The standard InChI is InChI=1S/C16H21N3.ClH/c1-11-10-16(18-13-8-6-12(17)7-9-13)19-15-5-3-2-4-14(11)15;/h2-5,10,12-13H,6-9,17H2,1H3,(H,18,19);1H/t12-,13+;. The normalized spacial score (nSPS) is 22.3. The van der Waals surface area contributed by atoms with E-state index in [1.165, 1.54) is 10.9 Å². The Hall–Kier alpha value is -1.32. The van der Waals surface area contributed by atoms with Crippen molar-refractivity contribution < 1.29 is 0 Å². The predicted octanol–water partition coefficient (Wildman–Crippen LogP) is 3.65. The molecule has 0 spiro atoms. The van der Waals surface area contributed by atoms with Gasteiger partial charge in [-0.3, -0.25) is 0 Å². The number of rotatable bonds is 2. The Bertz CT molecular complexity index is 577. The Morgan fingerprint density at radius 2 is 1.85 bits per heavy atom. The van der Waals surface area contributed by atoms with E-state index in [2.05, 4.69) is 36.5 Å². The maximum atomic E-state index is 5.95. The van der Waals surface area contributed by atoms with Gasteiger partial charge in [-0.2, -0.15) is 0 Å². The van der Waals surface area contributed by atoms with Crippen molar-refractivity contribution in [3.05, 3.63) is 35.9 Å². The van der Waals surface area contributed by atoms with Crippen molar-refractivity contribution >= 4 is 29.1 Å². The summed E-state index contributed by atoms with van der Waals surface area (Å²) in [7, 11) is 0. The summed E-state index contributed by atoms with van der Waals surface area (Å²) >= 11 is 0. The summed E-state index contributed by atoms with van der Waals surface area (Å²) in [5.41, 5.74) is 8.29. The lowest BCUT2D eigenvalue weighted by Crippen LogP contribution is -2.33. The smallest absolute Gasteiger partial charge is 0.127 e. The second kappa shape index (κ2) is 6.42. The second-order valence-electron chi connectivity index (χ2n) is 5.60. The Morgan fingerprint density at radius 1 is 1.15 bits per heavy atom. The molecule has 1 aliphatic rings. The van der Waals surface area contributed by atoms with Gasteiger partial charge < -0.3 is 11.1 Å². The highest BCUT2D eigenvalue weighted by atomic mass is 35.5. The molecule has 1 aromatic carbocycles. The van der Waals surface area contributed by atoms with Crippen LogP contribution in [0.1, 0.15) is 31.2 Å². The first-order valence-corrected chi connectivity index (χ1v) is 7.11. The molecule has 0 radical (unpaired) electrons. The number of aryl methyl sites for hydroxylation is 1. The number of halogens is 1. The zero-order chi connectivity index (χ0) is 13.2. The zero-order valence-corrected chi connectivity index (χ0v) is 12.6. The van der Waals surface area contributed by atoms with Crippen LogP contribution in [0.15, 0.2) is 30.3 Å². The van der Waals surface area contributed by atoms with Crippen molar-refractivity contribution in [3.8, 4) is 0 Å². The molecule has 1 aliphatic carbocycles. The Kier molecular flexibility index (Phi) is 4.84. The number of nitrogens with two attached hydrogens (primary N) is 1. The van der Waals surface area contributed by atoms with Crippen molar-refractivity contribution in [2.45, 2.75) is 44.7 Å². The summed E-state index contributed by atoms with van der Waals surface area (Å²) in [5.74, 6) is 0.997. The molecule has 3 nitrogen and oxygen atoms in total. The van der Waals surface area contributed by atoms with E-state index in [9.17, 15) is 0 Å². The molecule has 2 aromatic rings. The number of pyridine rings is 1. The highest BCUT2D eigenvalue weighted by Gasteiger charge is 2.18. The van der Waals surface area contributed by atoms with Gasteiger partial charge in [-0.05, 0) is 50.3 Å². The maximum absolute atomic E-state index is 5.95. The van der Waals surface area contributed by atoms with E-state index in [4.69, 9.17) is 10.7 Å². The van der Waals surface area contributed by atoms with Crippen molar-refractivity contribution in [1.82, 2.24) is 4.98 Å². The number of hydrogen-bond donors (Lipinski definition) is 2. The van der Waals surface area contributed by atoms with Crippen LogP contribution in [0.4, 0.5) is 5.82 Å². The van der Waals surface area contributed by atoms with Crippen LogP contribution in [0.25, 0.3) is 10.9 Å². The summed E-state index contributed by atoms with van der Waals surface area (Å²) < 4.78 is 0. The van der Waals surface area contributed by atoms with E-state index in [1.54, 1.807) is 0 Å². The highest BCUT2D eigenvalue weighted by molar-refractivity contribution is 5.85. The molecule has 0 aliphatic heterocycles. The van der Waals surface area contributed by atoms with Crippen LogP contribution in [0.2, 0.25) is 0 Å². The first-order valence-electron chi connectivity index (χ1n) is 7.11. The Labute approximate surface area is 126 Å². The summed E-state index contributed by atoms with van der Waals surface area (Å²) in [5, 5.41) is 4.80. The van der Waals surface area contributed by atoms with Crippen LogP contribution >= 0.6 is 12.4 Å². The molecule has 0 bridgehead atoms. The summed E-state index contributed by atoms with van der Waals surface area (Å²) in [6.07, 6.45) is 4.53. The fourth-order valence-corrected chi connectivity index (χ4v) is 2.90. The number of nitrogens with one attached hydrogen (secondary N) is 1. The van der Waals surface area contributed by atoms with Gasteiger partial charge in [0.25, 0.3) is 0 Å². The highest BCUT2D eigenvalue weighted by Crippen LogP contribution is 2.24. The lowest BCUT2D eigenvalue weighted by Gasteiger charge is -2.27. The zero-order valence-electron chi connectivity index (χ0n) is 11.8. The van der Waals surface area contributed by atoms with Gasteiger partial charge in [0.15, 0.2) is 0 Å². The first-order chi connectivity index (χ1) is 9.22. The Balaban J connectivity index is 0.00000147. The molecule has 1 fully saturated rings. The minimum absolute atomic E-state index is 0. The van der Waals surface area contributed by atoms with E-state index >= 15 is 0 Å². The molecule has 20 heavy (non-hydrogen) atoms. The molecule has 4 heteroatoms. The molecule has 0 amide bonds. The van der Waals surface area contributed by atoms with E-state index in [0.29, 0.717) is 12.1 Å². The molecule has 1 aromatic heterocycles. The average molecular weight is 292 g/mol. The van der Waals surface area contributed by atoms with Gasteiger partial charge in [-0.25, -0.2) is 4.98 Å². The van der Waals surface area contributed by atoms with Crippen LogP contribution in [-0.4, -0.2) is 17.1 Å². The minimum Gasteiger partial charge on any atom is -0.367 e. The third-order valence-electron chi connectivity index (χ3n) is 4.05. The van der Waals surface area contributed by atoms with Crippen LogP contribution in [0.5, 0.6) is 0 Å². The predicted molar refractivity (Wildman–Crippen MR) is 87.6 cm³/mol. The fraction of sp³-hybridized carbons (Fsp3) is 0.438. The van der Waals surface area contributed by atoms with Gasteiger partial charge in [0.05, 0.1) is 5.52 Å². The van der Waals surface area contributed by atoms with E-state index < -0.39 is 0 Å². The molecule has 3 rings (SSSR count). The number of benzene rings is 1. The van der Waals surface area contributed by atoms with Gasteiger partial charge in [0.2, 0.25) is 0 Å². The number of para-hydroxylation sites is 1. The minimum atomic E-state index is 0. The molecule has 108 valence electrons. The number of hydrogen-bond acceptors (Lipinski definition) is 3. The van der Waals surface area contributed by atoms with Crippen molar-refractivity contribution in [2.24, 2.45) is 5.73 Å². The lowest BCUT2D eigenvalue weighted by molar-refractivity contribution is 0.410. The third kappa shape index (κ3) is 3.22. The van der Waals surface area contributed by atoms with E-state index in [1.807, 2.05) is 6.07 Å². The third-order valence-corrected chi connectivity index (χ3v) is 4.05. The molecule has 0 unspecified atom stereocenters. The summed E-state index contributed by atoms with van der Waals surface area (Å²) in [6, 6.07) is 11.4. The lowest BCUT2D eigenvalue weighted by atomic mass is 9.92. The Morgan fingerprint density at radius 3 is 2.60 bits per heavy atom. The van der Waals surface area contributed by atoms with E-state index in [0.717, 1.165) is 37.0 Å². The number of nitrogens with zero attached hydrogens (tertiary/aromatic N) is 1.